The molecular formula is C9H17N. The van der Waals surface area contributed by atoms with Gasteiger partial charge in [-0.15, -0.1) is 5.73 Å². The molecule has 10 heavy (non-hydrogen) atoms. The van der Waals surface area contributed by atoms with Crippen LogP contribution in [0.5, 0.6) is 0 Å². The van der Waals surface area contributed by atoms with Crippen LogP contribution in [0, 0.1) is 0 Å². The quantitative estimate of drug-likeness (QED) is 0.459. The van der Waals surface area contributed by atoms with E-state index in [4.69, 9.17) is 5.73 Å². The van der Waals surface area contributed by atoms with Gasteiger partial charge in [0.05, 0.1) is 0 Å². The van der Waals surface area contributed by atoms with Gasteiger partial charge in [0, 0.05) is 6.54 Å². The maximum absolute atomic E-state index is 5.23. The number of hydrogen-bond donors (Lipinski definition) is 1. The lowest BCUT2D eigenvalue weighted by Crippen LogP contribution is -1.90. The molecule has 0 rings (SSSR count). The summed E-state index contributed by atoms with van der Waals surface area (Å²) in [6.07, 6.45) is 8.94. The predicted octanol–water partition coefficient (Wildman–Crippen LogP) is 2.24. The van der Waals surface area contributed by atoms with Crippen molar-refractivity contribution in [1.82, 2.24) is 0 Å². The molecule has 0 heterocycles. The van der Waals surface area contributed by atoms with E-state index in [1.165, 1.54) is 19.3 Å². The molecule has 0 fully saturated rings. The van der Waals surface area contributed by atoms with E-state index in [1.807, 2.05) is 6.08 Å². The third-order valence-electron chi connectivity index (χ3n) is 1.31. The van der Waals surface area contributed by atoms with Gasteiger partial charge in [-0.1, -0.05) is 19.8 Å². The third kappa shape index (κ3) is 7.48. The summed E-state index contributed by atoms with van der Waals surface area (Å²) >= 11 is 0. The Hall–Kier alpha value is -0.520. The van der Waals surface area contributed by atoms with Crippen LogP contribution in [-0.2, 0) is 0 Å². The van der Waals surface area contributed by atoms with Crippen LogP contribution in [0.3, 0.4) is 0 Å². The second kappa shape index (κ2) is 8.48. The Morgan fingerprint density at radius 3 is 2.70 bits per heavy atom. The molecule has 58 valence electrons. The first-order chi connectivity index (χ1) is 4.91. The molecule has 2 N–H and O–H groups in total. The summed E-state index contributed by atoms with van der Waals surface area (Å²) in [5, 5.41) is 0. The van der Waals surface area contributed by atoms with Gasteiger partial charge in [0.15, 0.2) is 0 Å². The van der Waals surface area contributed by atoms with Crippen molar-refractivity contribution in [2.24, 2.45) is 5.73 Å². The summed E-state index contributed by atoms with van der Waals surface area (Å²) in [6, 6.07) is 0. The SMILES string of the molecule is CCCCCC=C=CCN. The first kappa shape index (κ1) is 9.48. The highest BCUT2D eigenvalue weighted by molar-refractivity contribution is 4.84. The number of rotatable bonds is 5. The number of unbranched alkanes of at least 4 members (excludes halogenated alkanes) is 3. The summed E-state index contributed by atoms with van der Waals surface area (Å²) < 4.78 is 0. The van der Waals surface area contributed by atoms with Gasteiger partial charge < -0.3 is 5.73 Å². The Kier molecular flexibility index (Phi) is 8.04. The van der Waals surface area contributed by atoms with Crippen molar-refractivity contribution in [2.75, 3.05) is 6.54 Å². The Morgan fingerprint density at radius 1 is 1.30 bits per heavy atom. The molecular weight excluding hydrogens is 122 g/mol. The molecule has 0 aliphatic carbocycles. The van der Waals surface area contributed by atoms with E-state index >= 15 is 0 Å². The normalized spacial score (nSPS) is 8.60. The lowest BCUT2D eigenvalue weighted by molar-refractivity contribution is 0.729. The Balaban J connectivity index is 3.10. The lowest BCUT2D eigenvalue weighted by Gasteiger charge is -1.88. The molecule has 1 heteroatoms. The fraction of sp³-hybridized carbons (Fsp3) is 0.667. The van der Waals surface area contributed by atoms with Crippen LogP contribution in [0.2, 0.25) is 0 Å². The molecule has 0 aromatic rings. The van der Waals surface area contributed by atoms with Crippen molar-refractivity contribution in [3.05, 3.63) is 17.9 Å². The van der Waals surface area contributed by atoms with Crippen LogP contribution in [0.25, 0.3) is 0 Å². The Labute approximate surface area is 63.6 Å². The van der Waals surface area contributed by atoms with Gasteiger partial charge in [0.25, 0.3) is 0 Å². The van der Waals surface area contributed by atoms with Crippen LogP contribution in [0.15, 0.2) is 17.9 Å². The largest absolute Gasteiger partial charge is 0.326 e. The minimum Gasteiger partial charge on any atom is -0.326 e. The maximum Gasteiger partial charge on any atom is 0.0182 e. The molecule has 0 radical (unpaired) electrons. The minimum atomic E-state index is 0.601. The van der Waals surface area contributed by atoms with Gasteiger partial charge in [0.2, 0.25) is 0 Å². The maximum atomic E-state index is 5.23. The highest BCUT2D eigenvalue weighted by Gasteiger charge is 1.78. The molecule has 0 aromatic carbocycles. The van der Waals surface area contributed by atoms with Crippen molar-refractivity contribution in [2.45, 2.75) is 32.6 Å². The van der Waals surface area contributed by atoms with Crippen LogP contribution in [0.4, 0.5) is 0 Å². The second-order valence-electron chi connectivity index (χ2n) is 2.31. The predicted molar refractivity (Wildman–Crippen MR) is 45.8 cm³/mol. The monoisotopic (exact) mass is 139 g/mol. The Bertz CT molecular complexity index is 110. The first-order valence-electron chi connectivity index (χ1n) is 4.01. The molecule has 0 aliphatic heterocycles. The zero-order chi connectivity index (χ0) is 7.66. The summed E-state index contributed by atoms with van der Waals surface area (Å²) in [6.45, 7) is 2.81. The number of hydrogen-bond acceptors (Lipinski definition) is 1. The lowest BCUT2D eigenvalue weighted by atomic mass is 10.2. The third-order valence-corrected chi connectivity index (χ3v) is 1.31. The van der Waals surface area contributed by atoms with Crippen molar-refractivity contribution in [3.8, 4) is 0 Å². The molecule has 0 spiro atoms. The smallest absolute Gasteiger partial charge is 0.0182 e. The zero-order valence-electron chi connectivity index (χ0n) is 6.77. The highest BCUT2D eigenvalue weighted by atomic mass is 14.5. The van der Waals surface area contributed by atoms with Crippen LogP contribution in [0.1, 0.15) is 32.6 Å². The number of nitrogens with two attached hydrogens (primary N) is 1. The van der Waals surface area contributed by atoms with Crippen LogP contribution in [-0.4, -0.2) is 6.54 Å². The van der Waals surface area contributed by atoms with E-state index in [-0.39, 0.29) is 0 Å². The molecule has 0 amide bonds. The fourth-order valence-electron chi connectivity index (χ4n) is 0.731. The molecule has 0 aliphatic rings. The summed E-state index contributed by atoms with van der Waals surface area (Å²) in [5.41, 5.74) is 8.25. The van der Waals surface area contributed by atoms with Gasteiger partial charge in [-0.05, 0) is 25.0 Å². The van der Waals surface area contributed by atoms with Gasteiger partial charge in [0.1, 0.15) is 0 Å². The van der Waals surface area contributed by atoms with E-state index in [2.05, 4.69) is 18.7 Å². The van der Waals surface area contributed by atoms with Crippen LogP contribution < -0.4 is 5.73 Å². The molecule has 0 saturated heterocycles. The molecule has 0 aromatic heterocycles. The zero-order valence-corrected chi connectivity index (χ0v) is 6.77. The average molecular weight is 139 g/mol. The molecule has 0 saturated carbocycles. The minimum absolute atomic E-state index is 0.601. The summed E-state index contributed by atoms with van der Waals surface area (Å²) in [4.78, 5) is 0. The molecule has 1 nitrogen and oxygen atoms in total. The fourth-order valence-corrected chi connectivity index (χ4v) is 0.731. The van der Waals surface area contributed by atoms with Crippen molar-refractivity contribution in [3.63, 3.8) is 0 Å². The molecule has 0 bridgehead atoms. The summed E-state index contributed by atoms with van der Waals surface area (Å²) in [5.74, 6) is 0. The topological polar surface area (TPSA) is 26.0 Å². The van der Waals surface area contributed by atoms with E-state index < -0.39 is 0 Å². The van der Waals surface area contributed by atoms with Crippen molar-refractivity contribution in [1.29, 1.82) is 0 Å². The van der Waals surface area contributed by atoms with Crippen LogP contribution >= 0.6 is 0 Å². The van der Waals surface area contributed by atoms with E-state index in [0.717, 1.165) is 6.42 Å². The Morgan fingerprint density at radius 2 is 2.10 bits per heavy atom. The van der Waals surface area contributed by atoms with Crippen molar-refractivity contribution >= 4 is 0 Å². The van der Waals surface area contributed by atoms with E-state index in [9.17, 15) is 0 Å². The van der Waals surface area contributed by atoms with Gasteiger partial charge in [-0.2, -0.15) is 0 Å². The molecule has 0 unspecified atom stereocenters. The molecule has 0 atom stereocenters. The summed E-state index contributed by atoms with van der Waals surface area (Å²) in [7, 11) is 0. The average Bonchev–Trinajstić information content (AvgIpc) is 1.97. The van der Waals surface area contributed by atoms with Gasteiger partial charge in [-0.25, -0.2) is 0 Å². The standard InChI is InChI=1S/C9H17N/c1-2-3-4-5-6-7-8-9-10/h6,8H,2-5,9-10H2,1H3. The first-order valence-corrected chi connectivity index (χ1v) is 4.01. The second-order valence-corrected chi connectivity index (χ2v) is 2.31. The van der Waals surface area contributed by atoms with Gasteiger partial charge >= 0.3 is 0 Å². The van der Waals surface area contributed by atoms with E-state index in [1.54, 1.807) is 0 Å². The van der Waals surface area contributed by atoms with E-state index in [0.29, 0.717) is 6.54 Å². The van der Waals surface area contributed by atoms with Gasteiger partial charge in [-0.3, -0.25) is 0 Å². The highest BCUT2D eigenvalue weighted by Crippen LogP contribution is 1.98. The van der Waals surface area contributed by atoms with Crippen molar-refractivity contribution < 1.29 is 0 Å².